The first-order valence-corrected chi connectivity index (χ1v) is 15.0. The number of aromatic nitrogens is 4. The molecule has 43 heavy (non-hydrogen) atoms. The topological polar surface area (TPSA) is 35.6 Å². The predicted octanol–water partition coefficient (Wildman–Crippen LogP) is 10.1. The first-order valence-electron chi connectivity index (χ1n) is 14.2. The minimum absolute atomic E-state index is 0.799. The Labute approximate surface area is 257 Å². The molecule has 204 valence electrons. The molecule has 5 heteroatoms. The lowest BCUT2D eigenvalue weighted by Gasteiger charge is -2.12. The van der Waals surface area contributed by atoms with Gasteiger partial charge in [0.15, 0.2) is 11.6 Å². The highest BCUT2D eigenvalue weighted by atomic mass is 79.9. The molecule has 0 aliphatic heterocycles. The monoisotopic (exact) mass is 616 g/mol. The molecule has 0 N–H and O–H groups in total. The molecule has 0 aliphatic rings. The minimum atomic E-state index is 0.799. The van der Waals surface area contributed by atoms with Gasteiger partial charge in [0.25, 0.3) is 0 Å². The normalized spacial score (nSPS) is 11.4. The molecule has 0 aliphatic carbocycles. The van der Waals surface area contributed by atoms with Crippen LogP contribution in [0.15, 0.2) is 156 Å². The van der Waals surface area contributed by atoms with Crippen LogP contribution in [0.4, 0.5) is 0 Å². The first-order chi connectivity index (χ1) is 21.2. The van der Waals surface area contributed by atoms with Crippen molar-refractivity contribution >= 4 is 37.7 Å². The van der Waals surface area contributed by atoms with E-state index in [-0.39, 0.29) is 0 Å². The van der Waals surface area contributed by atoms with Crippen molar-refractivity contribution in [2.75, 3.05) is 0 Å². The van der Waals surface area contributed by atoms with Crippen molar-refractivity contribution in [3.63, 3.8) is 0 Å². The van der Waals surface area contributed by atoms with Crippen LogP contribution < -0.4 is 0 Å². The van der Waals surface area contributed by atoms with Crippen LogP contribution in [0.25, 0.3) is 67.1 Å². The Bertz CT molecular complexity index is 2230. The van der Waals surface area contributed by atoms with Gasteiger partial charge in [-0.2, -0.15) is 0 Å². The summed E-state index contributed by atoms with van der Waals surface area (Å²) in [5, 5.41) is 11.9. The van der Waals surface area contributed by atoms with Gasteiger partial charge in [-0.3, -0.25) is 4.57 Å². The van der Waals surface area contributed by atoms with Gasteiger partial charge < -0.3 is 4.57 Å². The fourth-order valence-corrected chi connectivity index (χ4v) is 6.19. The summed E-state index contributed by atoms with van der Waals surface area (Å²) in [4.78, 5) is 0. The van der Waals surface area contributed by atoms with Gasteiger partial charge in [-0.1, -0.05) is 107 Å². The number of hydrogen-bond acceptors (Lipinski definition) is 2. The summed E-state index contributed by atoms with van der Waals surface area (Å²) in [5.74, 6) is 1.60. The van der Waals surface area contributed by atoms with Gasteiger partial charge in [0.05, 0.1) is 11.0 Å². The molecule has 0 saturated carbocycles. The first kappa shape index (κ1) is 25.5. The van der Waals surface area contributed by atoms with Crippen molar-refractivity contribution in [1.82, 2.24) is 19.3 Å². The molecule has 0 atom stereocenters. The van der Waals surface area contributed by atoms with Gasteiger partial charge in [-0.15, -0.1) is 10.2 Å². The van der Waals surface area contributed by atoms with E-state index in [1.807, 2.05) is 30.3 Å². The summed E-state index contributed by atoms with van der Waals surface area (Å²) in [5.41, 5.74) is 8.85. The summed E-state index contributed by atoms with van der Waals surface area (Å²) in [6, 6.07) is 53.0. The van der Waals surface area contributed by atoms with E-state index in [0.717, 1.165) is 49.8 Å². The molecular formula is C38H25BrN4. The number of rotatable bonds is 5. The Morgan fingerprint density at radius 2 is 0.953 bits per heavy atom. The van der Waals surface area contributed by atoms with E-state index in [9.17, 15) is 0 Å². The Morgan fingerprint density at radius 3 is 1.70 bits per heavy atom. The summed E-state index contributed by atoms with van der Waals surface area (Å²) in [7, 11) is 0. The third-order valence-corrected chi connectivity index (χ3v) is 8.45. The van der Waals surface area contributed by atoms with E-state index in [2.05, 4.69) is 151 Å². The zero-order chi connectivity index (χ0) is 28.8. The summed E-state index contributed by atoms with van der Waals surface area (Å²) in [6.45, 7) is 0. The average molecular weight is 618 g/mol. The van der Waals surface area contributed by atoms with E-state index in [1.165, 1.54) is 21.8 Å². The SMILES string of the molecule is Brc1ccc(-c2nnc(-c3cccc(-c4ccc5c(c4)c4ccccc4n5-c4ccccc4)c3)n2-c2ccccc2)cc1. The summed E-state index contributed by atoms with van der Waals surface area (Å²) in [6.07, 6.45) is 0. The maximum atomic E-state index is 4.72. The summed E-state index contributed by atoms with van der Waals surface area (Å²) >= 11 is 3.55. The average Bonchev–Trinajstić information content (AvgIpc) is 3.66. The number of para-hydroxylation sites is 3. The lowest BCUT2D eigenvalue weighted by atomic mass is 10.0. The van der Waals surface area contributed by atoms with Crippen molar-refractivity contribution in [3.05, 3.63) is 156 Å². The summed E-state index contributed by atoms with van der Waals surface area (Å²) < 4.78 is 5.51. The van der Waals surface area contributed by atoms with Crippen LogP contribution in [-0.2, 0) is 0 Å². The van der Waals surface area contributed by atoms with Gasteiger partial charge >= 0.3 is 0 Å². The largest absolute Gasteiger partial charge is 0.309 e. The molecule has 8 rings (SSSR count). The van der Waals surface area contributed by atoms with Crippen molar-refractivity contribution in [1.29, 1.82) is 0 Å². The van der Waals surface area contributed by atoms with Crippen LogP contribution in [0, 0.1) is 0 Å². The smallest absolute Gasteiger partial charge is 0.168 e. The molecule has 8 aromatic rings. The number of fused-ring (bicyclic) bond motifs is 3. The third-order valence-electron chi connectivity index (χ3n) is 7.92. The van der Waals surface area contributed by atoms with Crippen LogP contribution in [0.1, 0.15) is 0 Å². The van der Waals surface area contributed by atoms with Crippen molar-refractivity contribution < 1.29 is 0 Å². The quantitative estimate of drug-likeness (QED) is 0.193. The zero-order valence-electron chi connectivity index (χ0n) is 23.1. The van der Waals surface area contributed by atoms with E-state index in [1.54, 1.807) is 0 Å². The van der Waals surface area contributed by atoms with E-state index >= 15 is 0 Å². The van der Waals surface area contributed by atoms with Gasteiger partial charge in [-0.25, -0.2) is 0 Å². The number of hydrogen-bond donors (Lipinski definition) is 0. The molecule has 0 spiro atoms. The van der Waals surface area contributed by atoms with Gasteiger partial charge in [0, 0.05) is 37.7 Å². The Kier molecular flexibility index (Phi) is 6.24. The van der Waals surface area contributed by atoms with Crippen LogP contribution in [0.5, 0.6) is 0 Å². The maximum absolute atomic E-state index is 4.72. The maximum Gasteiger partial charge on any atom is 0.168 e. The molecular weight excluding hydrogens is 592 g/mol. The molecule has 2 heterocycles. The van der Waals surface area contributed by atoms with Crippen LogP contribution in [-0.4, -0.2) is 19.3 Å². The van der Waals surface area contributed by atoms with E-state index < -0.39 is 0 Å². The minimum Gasteiger partial charge on any atom is -0.309 e. The number of benzene rings is 6. The third kappa shape index (κ3) is 4.46. The second kappa shape index (κ2) is 10.5. The highest BCUT2D eigenvalue weighted by Crippen LogP contribution is 2.36. The molecule has 0 unspecified atom stereocenters. The molecule has 0 bridgehead atoms. The highest BCUT2D eigenvalue weighted by molar-refractivity contribution is 9.10. The molecule has 2 aromatic heterocycles. The Morgan fingerprint density at radius 1 is 0.395 bits per heavy atom. The van der Waals surface area contributed by atoms with E-state index in [4.69, 9.17) is 5.10 Å². The van der Waals surface area contributed by atoms with Crippen LogP contribution >= 0.6 is 15.9 Å². The van der Waals surface area contributed by atoms with Crippen molar-refractivity contribution in [2.24, 2.45) is 0 Å². The highest BCUT2D eigenvalue weighted by Gasteiger charge is 2.18. The lowest BCUT2D eigenvalue weighted by Crippen LogP contribution is -2.00. The molecule has 4 nitrogen and oxygen atoms in total. The Balaban J connectivity index is 1.28. The Hall–Kier alpha value is -5.26. The molecule has 0 amide bonds. The molecule has 0 radical (unpaired) electrons. The lowest BCUT2D eigenvalue weighted by molar-refractivity contribution is 1.07. The van der Waals surface area contributed by atoms with Crippen LogP contribution in [0.2, 0.25) is 0 Å². The van der Waals surface area contributed by atoms with E-state index in [0.29, 0.717) is 0 Å². The molecule has 6 aromatic carbocycles. The van der Waals surface area contributed by atoms with Gasteiger partial charge in [0.2, 0.25) is 0 Å². The fraction of sp³-hybridized carbons (Fsp3) is 0. The standard InChI is InChI=1S/C38H25BrN4/c39-30-21-18-26(19-22-30)37-40-41-38(43(37)32-14-5-2-6-15-32)29-11-9-10-27(24-29)28-20-23-36-34(25-28)33-16-7-8-17-35(33)42(36)31-12-3-1-4-13-31/h1-25H. The predicted molar refractivity (Wildman–Crippen MR) is 180 cm³/mol. The van der Waals surface area contributed by atoms with Crippen LogP contribution in [0.3, 0.4) is 0 Å². The van der Waals surface area contributed by atoms with Crippen molar-refractivity contribution in [2.45, 2.75) is 0 Å². The second-order valence-corrected chi connectivity index (χ2v) is 11.4. The molecule has 0 fully saturated rings. The number of nitrogens with zero attached hydrogens (tertiary/aromatic N) is 4. The number of halogens is 1. The zero-order valence-corrected chi connectivity index (χ0v) is 24.7. The van der Waals surface area contributed by atoms with Gasteiger partial charge in [-0.05, 0) is 71.8 Å². The second-order valence-electron chi connectivity index (χ2n) is 10.5. The van der Waals surface area contributed by atoms with Crippen molar-refractivity contribution in [3.8, 4) is 45.3 Å². The fourth-order valence-electron chi connectivity index (χ4n) is 5.92. The van der Waals surface area contributed by atoms with Gasteiger partial charge in [0.1, 0.15) is 0 Å². The molecule has 0 saturated heterocycles.